The summed E-state index contributed by atoms with van der Waals surface area (Å²) in [4.78, 5) is 28.5. The molecule has 3 aromatic heterocycles. The first-order valence-electron chi connectivity index (χ1n) is 6.06. The van der Waals surface area contributed by atoms with Gasteiger partial charge in [0.25, 0.3) is 5.56 Å². The number of aromatic nitrogens is 7. The molecule has 0 aliphatic carbocycles. The van der Waals surface area contributed by atoms with Gasteiger partial charge in [-0.25, -0.2) is 9.78 Å². The van der Waals surface area contributed by atoms with Gasteiger partial charge in [0.05, 0.1) is 0 Å². The van der Waals surface area contributed by atoms with Crippen LogP contribution in [0.4, 0.5) is 0 Å². The van der Waals surface area contributed by atoms with Gasteiger partial charge in [0.15, 0.2) is 21.5 Å². The summed E-state index contributed by atoms with van der Waals surface area (Å²) >= 11 is 1.28. The molecule has 110 valence electrons. The van der Waals surface area contributed by atoms with Gasteiger partial charge in [-0.05, 0) is 11.8 Å². The summed E-state index contributed by atoms with van der Waals surface area (Å²) in [5.74, 6) is 0. The van der Waals surface area contributed by atoms with Crippen molar-refractivity contribution >= 4 is 22.9 Å². The third-order valence-corrected chi connectivity index (χ3v) is 4.38. The van der Waals surface area contributed by atoms with Gasteiger partial charge in [0, 0.05) is 28.2 Å². The van der Waals surface area contributed by atoms with Crippen molar-refractivity contribution in [2.24, 2.45) is 28.2 Å². The second-order valence-corrected chi connectivity index (χ2v) is 5.59. The summed E-state index contributed by atoms with van der Waals surface area (Å²) in [7, 11) is 6.63. The van der Waals surface area contributed by atoms with Gasteiger partial charge in [0.1, 0.15) is 6.33 Å². The number of rotatable bonds is 2. The first-order valence-corrected chi connectivity index (χ1v) is 6.87. The molecule has 3 heterocycles. The second-order valence-electron chi connectivity index (χ2n) is 4.66. The van der Waals surface area contributed by atoms with E-state index >= 15 is 0 Å². The fourth-order valence-corrected chi connectivity index (χ4v) is 2.90. The van der Waals surface area contributed by atoms with Crippen molar-refractivity contribution in [1.29, 1.82) is 0 Å². The molecule has 0 bridgehead atoms. The fraction of sp³-hybridized carbons (Fsp3) is 0.364. The van der Waals surface area contributed by atoms with Gasteiger partial charge in [-0.15, -0.1) is 10.2 Å². The summed E-state index contributed by atoms with van der Waals surface area (Å²) in [6.45, 7) is 0. The number of nitrogens with zero attached hydrogens (tertiary/aromatic N) is 7. The maximum atomic E-state index is 12.2. The number of hydrogen-bond acceptors (Lipinski definition) is 6. The first kappa shape index (κ1) is 13.6. The highest BCUT2D eigenvalue weighted by Gasteiger charge is 2.18. The third kappa shape index (κ3) is 1.90. The van der Waals surface area contributed by atoms with E-state index in [1.165, 1.54) is 23.4 Å². The van der Waals surface area contributed by atoms with E-state index in [0.29, 0.717) is 16.0 Å². The molecule has 0 saturated carbocycles. The molecule has 3 aromatic rings. The van der Waals surface area contributed by atoms with Crippen LogP contribution in [-0.4, -0.2) is 33.4 Å². The average Bonchev–Trinajstić information content (AvgIpc) is 3.00. The molecule has 0 aliphatic heterocycles. The molecule has 10 heteroatoms. The molecule has 21 heavy (non-hydrogen) atoms. The Morgan fingerprint density at radius 1 is 1.00 bits per heavy atom. The number of imidazole rings is 1. The quantitative estimate of drug-likeness (QED) is 0.618. The van der Waals surface area contributed by atoms with E-state index in [-0.39, 0.29) is 11.2 Å². The molecule has 0 atom stereocenters. The lowest BCUT2D eigenvalue weighted by Crippen LogP contribution is -2.37. The highest BCUT2D eigenvalue weighted by Crippen LogP contribution is 2.25. The Kier molecular flexibility index (Phi) is 2.97. The monoisotopic (exact) mass is 307 g/mol. The SMILES string of the molecule is Cn1cnnc1Sc1nc2c(=O)n(C)c(=O)n(C)c2n1C. The van der Waals surface area contributed by atoms with Gasteiger partial charge < -0.3 is 9.13 Å². The fourth-order valence-electron chi connectivity index (χ4n) is 2.10. The van der Waals surface area contributed by atoms with Crippen LogP contribution in [0, 0.1) is 0 Å². The largest absolute Gasteiger partial charge is 0.332 e. The number of hydrogen-bond donors (Lipinski definition) is 0. The van der Waals surface area contributed by atoms with E-state index < -0.39 is 5.56 Å². The van der Waals surface area contributed by atoms with Crippen molar-refractivity contribution in [3.8, 4) is 0 Å². The highest BCUT2D eigenvalue weighted by atomic mass is 32.2. The van der Waals surface area contributed by atoms with Crippen molar-refractivity contribution in [1.82, 2.24) is 33.4 Å². The Labute approximate surface area is 122 Å². The van der Waals surface area contributed by atoms with Crippen LogP contribution in [0.3, 0.4) is 0 Å². The lowest BCUT2D eigenvalue weighted by atomic mass is 10.5. The van der Waals surface area contributed by atoms with Crippen LogP contribution in [0.2, 0.25) is 0 Å². The minimum absolute atomic E-state index is 0.256. The molecule has 0 N–H and O–H groups in total. The predicted octanol–water partition coefficient (Wildman–Crippen LogP) is -0.750. The second kappa shape index (κ2) is 4.58. The lowest BCUT2D eigenvalue weighted by Gasteiger charge is -2.05. The molecule has 0 saturated heterocycles. The minimum atomic E-state index is -0.409. The van der Waals surface area contributed by atoms with Crippen molar-refractivity contribution in [3.05, 3.63) is 27.2 Å². The van der Waals surface area contributed by atoms with Crippen molar-refractivity contribution in [2.45, 2.75) is 10.3 Å². The first-order chi connectivity index (χ1) is 9.91. The van der Waals surface area contributed by atoms with Gasteiger partial charge >= 0.3 is 5.69 Å². The molecular formula is C11H13N7O2S. The Morgan fingerprint density at radius 3 is 2.33 bits per heavy atom. The van der Waals surface area contributed by atoms with E-state index in [2.05, 4.69) is 15.2 Å². The smallest absolute Gasteiger partial charge is 0.311 e. The van der Waals surface area contributed by atoms with Crippen molar-refractivity contribution in [2.75, 3.05) is 0 Å². The minimum Gasteiger partial charge on any atom is -0.311 e. The molecular weight excluding hydrogens is 294 g/mol. The molecule has 0 spiro atoms. The van der Waals surface area contributed by atoms with E-state index in [1.54, 1.807) is 29.6 Å². The standard InChI is InChI=1S/C11H13N7O2S/c1-15-5-12-14-10(15)21-9-13-6-7(16(9)2)17(3)11(20)18(4)8(6)19/h5H,1-4H3. The Balaban J connectivity index is 2.28. The van der Waals surface area contributed by atoms with Crippen LogP contribution in [0.5, 0.6) is 0 Å². The average molecular weight is 307 g/mol. The van der Waals surface area contributed by atoms with Crippen LogP contribution >= 0.6 is 11.8 Å². The summed E-state index contributed by atoms with van der Waals surface area (Å²) in [5, 5.41) is 8.99. The lowest BCUT2D eigenvalue weighted by molar-refractivity contribution is 0.689. The molecule has 0 aliphatic rings. The topological polar surface area (TPSA) is 92.5 Å². The molecule has 0 radical (unpaired) electrons. The summed E-state index contributed by atoms with van der Waals surface area (Å²) in [6, 6.07) is 0. The molecule has 0 aromatic carbocycles. The van der Waals surface area contributed by atoms with E-state index in [9.17, 15) is 9.59 Å². The molecule has 3 rings (SSSR count). The van der Waals surface area contributed by atoms with E-state index in [1.807, 2.05) is 7.05 Å². The maximum absolute atomic E-state index is 12.2. The van der Waals surface area contributed by atoms with Gasteiger partial charge in [-0.3, -0.25) is 13.9 Å². The van der Waals surface area contributed by atoms with Gasteiger partial charge in [-0.1, -0.05) is 0 Å². The summed E-state index contributed by atoms with van der Waals surface area (Å²) < 4.78 is 5.91. The van der Waals surface area contributed by atoms with Gasteiger partial charge in [0.2, 0.25) is 0 Å². The predicted molar refractivity (Wildman–Crippen MR) is 76.3 cm³/mol. The van der Waals surface area contributed by atoms with Crippen molar-refractivity contribution < 1.29 is 0 Å². The van der Waals surface area contributed by atoms with Crippen LogP contribution in [0.1, 0.15) is 0 Å². The summed E-state index contributed by atoms with van der Waals surface area (Å²) in [5.41, 5.74) is -0.0567. The van der Waals surface area contributed by atoms with Crippen molar-refractivity contribution in [3.63, 3.8) is 0 Å². The number of fused-ring (bicyclic) bond motifs is 1. The molecule has 0 amide bonds. The Morgan fingerprint density at radius 2 is 1.71 bits per heavy atom. The third-order valence-electron chi connectivity index (χ3n) is 3.28. The molecule has 0 fully saturated rings. The molecule has 9 nitrogen and oxygen atoms in total. The molecule has 0 unspecified atom stereocenters. The van der Waals surface area contributed by atoms with E-state index in [4.69, 9.17) is 0 Å². The van der Waals surface area contributed by atoms with Crippen LogP contribution < -0.4 is 11.2 Å². The highest BCUT2D eigenvalue weighted by molar-refractivity contribution is 7.99. The zero-order valence-electron chi connectivity index (χ0n) is 11.9. The normalized spacial score (nSPS) is 11.4. The Bertz CT molecular complexity index is 961. The summed E-state index contributed by atoms with van der Waals surface area (Å²) in [6.07, 6.45) is 1.58. The Hall–Kier alpha value is -2.36. The zero-order valence-corrected chi connectivity index (χ0v) is 12.7. The maximum Gasteiger partial charge on any atom is 0.332 e. The van der Waals surface area contributed by atoms with Crippen LogP contribution in [0.25, 0.3) is 11.2 Å². The van der Waals surface area contributed by atoms with Crippen LogP contribution in [0.15, 0.2) is 26.2 Å². The van der Waals surface area contributed by atoms with E-state index in [0.717, 1.165) is 4.57 Å². The van der Waals surface area contributed by atoms with Crippen LogP contribution in [-0.2, 0) is 28.2 Å². The zero-order chi connectivity index (χ0) is 15.3. The van der Waals surface area contributed by atoms with Gasteiger partial charge in [-0.2, -0.15) is 0 Å². The number of aryl methyl sites for hydroxylation is 3.